The molecule has 2 bridgehead atoms. The Kier molecular flexibility index (Phi) is 9.77. The summed E-state index contributed by atoms with van der Waals surface area (Å²) in [6, 6.07) is 8.01. The molecule has 4 aliphatic heterocycles. The monoisotopic (exact) mass is 851 g/mol. The number of morpholine rings is 1. The maximum Gasteiger partial charge on any atom is 0.284 e. The quantitative estimate of drug-likeness (QED) is 0.169. The predicted octanol–water partition coefficient (Wildman–Crippen LogP) is 5.56. The number of rotatable bonds is 10. The van der Waals surface area contributed by atoms with Crippen LogP contribution in [0.25, 0.3) is 16.6 Å². The van der Waals surface area contributed by atoms with Crippen molar-refractivity contribution in [2.24, 2.45) is 18.4 Å². The summed E-state index contributed by atoms with van der Waals surface area (Å²) in [6.07, 6.45) is 12.0. The topological polar surface area (TPSA) is 166 Å². The zero-order valence-electron chi connectivity index (χ0n) is 34.7. The van der Waals surface area contributed by atoms with Crippen LogP contribution in [-0.2, 0) is 21.4 Å². The average molecular weight is 852 g/mol. The number of carbonyl (C=O) groups excluding carboxylic acids is 3. The Balaban J connectivity index is 0.655. The summed E-state index contributed by atoms with van der Waals surface area (Å²) in [5.41, 5.74) is 2.07. The number of nitrogens with one attached hydrogen (secondary N) is 2. The number of likely N-dealkylation sites (tertiary alicyclic amines) is 1. The zero-order valence-corrected chi connectivity index (χ0v) is 34.7. The van der Waals surface area contributed by atoms with Gasteiger partial charge in [0.1, 0.15) is 17.1 Å². The molecule has 2 aliphatic carbocycles. The molecule has 5 aromatic rings. The van der Waals surface area contributed by atoms with Crippen LogP contribution < -0.4 is 20.3 Å². The third-order valence-electron chi connectivity index (χ3n) is 14.7. The molecule has 11 rings (SSSR count). The maximum absolute atomic E-state index is 14.3. The van der Waals surface area contributed by atoms with Crippen molar-refractivity contribution in [3.05, 3.63) is 59.8 Å². The Labute approximate surface area is 356 Å². The van der Waals surface area contributed by atoms with Crippen LogP contribution in [0, 0.1) is 11.3 Å². The second-order valence-electron chi connectivity index (χ2n) is 18.6. The number of halogens is 2. The third kappa shape index (κ3) is 7.17. The van der Waals surface area contributed by atoms with Gasteiger partial charge in [0.15, 0.2) is 11.3 Å². The Bertz CT molecular complexity index is 2550. The Morgan fingerprint density at radius 3 is 2.63 bits per heavy atom. The van der Waals surface area contributed by atoms with Crippen molar-refractivity contribution in [2.75, 3.05) is 43.0 Å². The normalized spacial score (nSPS) is 26.5. The van der Waals surface area contributed by atoms with E-state index in [1.54, 1.807) is 21.8 Å². The first-order chi connectivity index (χ1) is 30.0. The number of hydrogen-bond acceptors (Lipinski definition) is 11. The molecule has 326 valence electrons. The molecule has 4 aromatic heterocycles. The minimum absolute atomic E-state index is 0.0115. The first-order valence-electron chi connectivity index (χ1n) is 22.2. The van der Waals surface area contributed by atoms with E-state index < -0.39 is 23.9 Å². The van der Waals surface area contributed by atoms with Gasteiger partial charge in [-0.05, 0) is 107 Å². The van der Waals surface area contributed by atoms with Gasteiger partial charge in [-0.3, -0.25) is 29.1 Å². The van der Waals surface area contributed by atoms with Gasteiger partial charge < -0.3 is 24.6 Å². The molecule has 16 nitrogen and oxygen atoms in total. The lowest BCUT2D eigenvalue weighted by Crippen LogP contribution is -2.51. The molecule has 1 unspecified atom stereocenters. The number of benzene rings is 1. The van der Waals surface area contributed by atoms with Crippen molar-refractivity contribution in [2.45, 2.75) is 107 Å². The van der Waals surface area contributed by atoms with Crippen molar-refractivity contribution in [1.82, 2.24) is 44.4 Å². The van der Waals surface area contributed by atoms with Gasteiger partial charge in [0.2, 0.25) is 11.8 Å². The van der Waals surface area contributed by atoms with Gasteiger partial charge in [0.25, 0.3) is 12.3 Å². The van der Waals surface area contributed by atoms with Crippen LogP contribution in [0.5, 0.6) is 5.75 Å². The third-order valence-corrected chi connectivity index (χ3v) is 14.7. The first kappa shape index (κ1) is 39.4. The fourth-order valence-corrected chi connectivity index (χ4v) is 11.3. The molecule has 18 heteroatoms. The van der Waals surface area contributed by atoms with Gasteiger partial charge in [-0.25, -0.2) is 18.3 Å². The minimum Gasteiger partial charge on any atom is -0.490 e. The number of alkyl halides is 2. The van der Waals surface area contributed by atoms with Crippen molar-refractivity contribution >= 4 is 45.8 Å². The van der Waals surface area contributed by atoms with E-state index in [4.69, 9.17) is 14.5 Å². The van der Waals surface area contributed by atoms with Crippen LogP contribution in [0.1, 0.15) is 111 Å². The number of carbonyl (C=O) groups is 3. The van der Waals surface area contributed by atoms with E-state index in [9.17, 15) is 23.2 Å². The fourth-order valence-electron chi connectivity index (χ4n) is 11.3. The highest BCUT2D eigenvalue weighted by Crippen LogP contribution is 2.51. The SMILES string of the molecule is Cn1nc2cc(OC3CC4(CCN(CC5CCC(n6cc(NC(=O)c7cnn8ccc(N9C[C@H]%10C[C@@H]9CO%10)nc78)c(C(F)F)n6)CC5)CC4)C3)ccc2c1C1CCC(=O)NC1=O. The number of aryl methyl sites for hydroxylation is 1. The number of aromatic nitrogens is 7. The number of fused-ring (bicyclic) bond motifs is 4. The van der Waals surface area contributed by atoms with Gasteiger partial charge in [0.05, 0.1) is 59.9 Å². The van der Waals surface area contributed by atoms with E-state index in [0.29, 0.717) is 36.4 Å². The van der Waals surface area contributed by atoms with E-state index >= 15 is 0 Å². The maximum atomic E-state index is 14.3. The van der Waals surface area contributed by atoms with Crippen LogP contribution in [0.15, 0.2) is 42.9 Å². The van der Waals surface area contributed by atoms with Crippen LogP contribution in [0.2, 0.25) is 0 Å². The lowest BCUT2D eigenvalue weighted by atomic mass is 9.61. The summed E-state index contributed by atoms with van der Waals surface area (Å²) in [7, 11) is 1.84. The summed E-state index contributed by atoms with van der Waals surface area (Å²) in [5.74, 6) is 0.610. The van der Waals surface area contributed by atoms with Gasteiger partial charge in [-0.2, -0.15) is 15.3 Å². The molecule has 3 amide bonds. The van der Waals surface area contributed by atoms with E-state index in [2.05, 4.69) is 35.7 Å². The molecule has 8 heterocycles. The Hall–Kier alpha value is -5.49. The number of ether oxygens (including phenoxy) is 2. The van der Waals surface area contributed by atoms with Crippen molar-refractivity contribution in [1.29, 1.82) is 0 Å². The largest absolute Gasteiger partial charge is 0.490 e. The summed E-state index contributed by atoms with van der Waals surface area (Å²) in [5, 5.41) is 19.4. The molecule has 6 aliphatic rings. The van der Waals surface area contributed by atoms with Crippen LogP contribution in [0.4, 0.5) is 20.3 Å². The smallest absolute Gasteiger partial charge is 0.284 e. The van der Waals surface area contributed by atoms with Gasteiger partial charge in [-0.15, -0.1) is 0 Å². The second kappa shape index (κ2) is 15.4. The molecular formula is C44H51F2N11O5. The fraction of sp³-hybridized carbons (Fsp3) is 0.568. The second-order valence-corrected chi connectivity index (χ2v) is 18.6. The summed E-state index contributed by atoms with van der Waals surface area (Å²) in [6.45, 7) is 4.56. The average Bonchev–Trinajstić information content (AvgIpc) is 4.10. The predicted molar refractivity (Wildman–Crippen MR) is 222 cm³/mol. The van der Waals surface area contributed by atoms with Crippen molar-refractivity contribution in [3.8, 4) is 5.75 Å². The summed E-state index contributed by atoms with van der Waals surface area (Å²) < 4.78 is 45.7. The van der Waals surface area contributed by atoms with Gasteiger partial charge in [0, 0.05) is 50.4 Å². The molecule has 1 aromatic carbocycles. The Morgan fingerprint density at radius 1 is 1.06 bits per heavy atom. The Morgan fingerprint density at radius 2 is 1.89 bits per heavy atom. The number of piperidine rings is 2. The highest BCUT2D eigenvalue weighted by Gasteiger charge is 2.47. The molecule has 62 heavy (non-hydrogen) atoms. The molecule has 2 saturated carbocycles. The zero-order chi connectivity index (χ0) is 42.3. The first-order valence-corrected chi connectivity index (χ1v) is 22.2. The molecule has 0 radical (unpaired) electrons. The molecule has 1 spiro atoms. The minimum atomic E-state index is -2.85. The van der Waals surface area contributed by atoms with E-state index in [1.165, 1.54) is 10.7 Å². The van der Waals surface area contributed by atoms with Crippen LogP contribution >= 0.6 is 0 Å². The number of hydrogen-bond donors (Lipinski definition) is 2. The summed E-state index contributed by atoms with van der Waals surface area (Å²) in [4.78, 5) is 47.4. The molecular weight excluding hydrogens is 801 g/mol. The number of anilines is 2. The molecule has 4 saturated heterocycles. The lowest BCUT2D eigenvalue weighted by Gasteiger charge is -2.52. The number of nitrogens with zero attached hydrogens (tertiary/aromatic N) is 9. The van der Waals surface area contributed by atoms with Crippen LogP contribution in [-0.4, -0.2) is 108 Å². The number of imide groups is 1. The van der Waals surface area contributed by atoms with Gasteiger partial charge >= 0.3 is 0 Å². The van der Waals surface area contributed by atoms with Crippen molar-refractivity contribution < 1.29 is 32.6 Å². The standard InChI is InChI=1S/C44H51F2N11O5/c1-53-39(32-8-9-37(58)50-42(32)59)31-7-6-28(17-34(31)51-53)62-30-18-44(19-30)11-14-54(15-12-44)21-25-2-4-26(5-3-25)57-23-35(38(52-57)40(45)46)48-43(60)33-20-47-56-13-10-36(49-41(33)56)55-22-29-16-27(55)24-61-29/h6-7,10,13,17,20,23,25-27,29-30,32,40H,2-5,8-9,11-12,14-16,18-19,21-22,24H2,1H3,(H,48,60)(H,50,58,59)/t25?,26?,27-,29-,32?/m1/s1. The molecule has 3 atom stereocenters. The molecule has 6 fully saturated rings. The van der Waals surface area contributed by atoms with Crippen LogP contribution in [0.3, 0.4) is 0 Å². The van der Waals surface area contributed by atoms with Crippen molar-refractivity contribution in [3.63, 3.8) is 0 Å². The summed E-state index contributed by atoms with van der Waals surface area (Å²) >= 11 is 0. The molecule has 2 N–H and O–H groups in total. The van der Waals surface area contributed by atoms with E-state index in [0.717, 1.165) is 112 Å². The van der Waals surface area contributed by atoms with E-state index in [1.807, 2.05) is 31.3 Å². The number of amides is 3. The van der Waals surface area contributed by atoms with E-state index in [-0.39, 0.29) is 47.4 Å². The highest BCUT2D eigenvalue weighted by molar-refractivity contribution is 6.08. The highest BCUT2D eigenvalue weighted by atomic mass is 19.3. The lowest BCUT2D eigenvalue weighted by molar-refractivity contribution is -0.134. The van der Waals surface area contributed by atoms with Gasteiger partial charge in [-0.1, -0.05) is 0 Å².